The van der Waals surface area contributed by atoms with Crippen molar-refractivity contribution in [2.24, 2.45) is 5.92 Å². The van der Waals surface area contributed by atoms with Crippen LogP contribution in [0.25, 0.3) is 0 Å². The summed E-state index contributed by atoms with van der Waals surface area (Å²) < 4.78 is 65.3. The van der Waals surface area contributed by atoms with Crippen molar-refractivity contribution < 1.29 is 40.8 Å². The van der Waals surface area contributed by atoms with Gasteiger partial charge in [0.05, 0.1) is 23.5 Å². The van der Waals surface area contributed by atoms with Gasteiger partial charge in [0.15, 0.2) is 0 Å². The minimum atomic E-state index is -4.52. The fraction of sp³-hybridized carbons (Fsp3) is 0.421. The van der Waals surface area contributed by atoms with Gasteiger partial charge in [0.1, 0.15) is 6.04 Å². The molecule has 3 rings (SSSR count). The minimum Gasteiger partial charge on any atom is -0.355 e. The average molecular weight is 775 g/mol. The molecule has 5 N–H and O–H groups in total. The monoisotopic (exact) mass is 774 g/mol. The van der Waals surface area contributed by atoms with E-state index in [0.29, 0.717) is 18.5 Å². The first kappa shape index (κ1) is 43.4. The molecule has 4 amide bonds. The van der Waals surface area contributed by atoms with Crippen molar-refractivity contribution in [3.05, 3.63) is 101 Å². The number of nitrogens with zero attached hydrogens (tertiary/aromatic N) is 1. The summed E-state index contributed by atoms with van der Waals surface area (Å²) in [5.74, 6) is -2.18. The number of nitrogens with one attached hydrogen (secondary N) is 5. The maximum Gasteiger partial charge on any atom is 0.416 e. The zero-order chi connectivity index (χ0) is 40.2. The van der Waals surface area contributed by atoms with Gasteiger partial charge in [0, 0.05) is 43.9 Å². The van der Waals surface area contributed by atoms with E-state index in [1.54, 1.807) is 13.8 Å². The fourth-order valence-corrected chi connectivity index (χ4v) is 5.91. The third-order valence-electron chi connectivity index (χ3n) is 8.58. The van der Waals surface area contributed by atoms with Gasteiger partial charge in [-0.05, 0) is 68.0 Å². The first-order valence-corrected chi connectivity index (χ1v) is 19.3. The van der Waals surface area contributed by atoms with Crippen molar-refractivity contribution in [3.8, 4) is 0 Å². The predicted molar refractivity (Wildman–Crippen MR) is 201 cm³/mol. The van der Waals surface area contributed by atoms with Gasteiger partial charge in [-0.25, -0.2) is 8.42 Å². The molecule has 12 nitrogen and oxygen atoms in total. The molecule has 0 aliphatic rings. The second-order valence-corrected chi connectivity index (χ2v) is 15.3. The van der Waals surface area contributed by atoms with Gasteiger partial charge < -0.3 is 26.6 Å². The van der Waals surface area contributed by atoms with Gasteiger partial charge in [0.2, 0.25) is 21.8 Å². The molecule has 0 bridgehead atoms. The van der Waals surface area contributed by atoms with Crippen molar-refractivity contribution in [1.29, 1.82) is 0 Å². The van der Waals surface area contributed by atoms with Gasteiger partial charge in [-0.1, -0.05) is 62.4 Å². The van der Waals surface area contributed by atoms with Crippen LogP contribution in [0.4, 0.5) is 18.9 Å². The number of halogens is 3. The van der Waals surface area contributed by atoms with Crippen molar-refractivity contribution in [2.45, 2.75) is 64.8 Å². The fourth-order valence-electron chi connectivity index (χ4n) is 5.42. The Labute approximate surface area is 314 Å². The summed E-state index contributed by atoms with van der Waals surface area (Å²) >= 11 is 0. The number of amides is 4. The lowest BCUT2D eigenvalue weighted by Gasteiger charge is -2.25. The number of anilines is 1. The third-order valence-corrected chi connectivity index (χ3v) is 9.78. The summed E-state index contributed by atoms with van der Waals surface area (Å²) in [5, 5.41) is 14.2. The molecule has 16 heteroatoms. The number of likely N-dealkylation sites (N-methyl/N-ethyl adjacent to an activating group) is 1. The Hall–Kier alpha value is -4.96. The predicted octanol–water partition coefficient (Wildman–Crippen LogP) is 3.67. The molecular weight excluding hydrogens is 726 g/mol. The van der Waals surface area contributed by atoms with Crippen molar-refractivity contribution in [2.75, 3.05) is 37.2 Å². The van der Waals surface area contributed by atoms with E-state index in [1.807, 2.05) is 44.2 Å². The molecule has 0 heterocycles. The van der Waals surface area contributed by atoms with Crippen molar-refractivity contribution in [1.82, 2.24) is 26.6 Å². The maximum absolute atomic E-state index is 13.8. The average Bonchev–Trinajstić information content (AvgIpc) is 3.11. The highest BCUT2D eigenvalue weighted by molar-refractivity contribution is 7.92. The van der Waals surface area contributed by atoms with Crippen LogP contribution in [-0.4, -0.2) is 83.1 Å². The van der Waals surface area contributed by atoms with Crippen LogP contribution in [-0.2, 0) is 38.6 Å². The van der Waals surface area contributed by atoms with Crippen LogP contribution in [0.1, 0.15) is 65.1 Å². The molecule has 0 saturated heterocycles. The van der Waals surface area contributed by atoms with Gasteiger partial charge in [-0.2, -0.15) is 13.2 Å². The first-order chi connectivity index (χ1) is 25.3. The summed E-state index contributed by atoms with van der Waals surface area (Å²) in [6.07, 6.45) is -3.13. The molecule has 0 aromatic heterocycles. The number of hydrogen-bond donors (Lipinski definition) is 5. The van der Waals surface area contributed by atoms with E-state index >= 15 is 0 Å². The number of carbonyl (C=O) groups excluding carboxylic acids is 4. The highest BCUT2D eigenvalue weighted by Gasteiger charge is 2.30. The zero-order valence-electron chi connectivity index (χ0n) is 31.2. The summed E-state index contributed by atoms with van der Waals surface area (Å²) in [5.41, 5.74) is 0.367. The molecule has 3 aromatic carbocycles. The number of alkyl halides is 3. The second-order valence-electron chi connectivity index (χ2n) is 13.3. The van der Waals surface area contributed by atoms with Crippen molar-refractivity contribution >= 4 is 39.3 Å². The molecule has 3 atom stereocenters. The van der Waals surface area contributed by atoms with E-state index in [-0.39, 0.29) is 48.1 Å². The SMILES string of the molecule is CCNC(=O)[C@@H](NC(=O)[C@H](C)NC[C@H](Cc1ccccc1)NC(=O)c1cc(C(=O)NCCc2cccc(C(F)(F)F)c2)cc(N(C)S(C)(=O)=O)c1)C(C)C. The van der Waals surface area contributed by atoms with E-state index in [0.717, 1.165) is 28.3 Å². The smallest absolute Gasteiger partial charge is 0.355 e. The maximum atomic E-state index is 13.8. The van der Waals surface area contributed by atoms with E-state index in [2.05, 4.69) is 26.6 Å². The first-order valence-electron chi connectivity index (χ1n) is 17.5. The Kier molecular flexibility index (Phi) is 15.6. The van der Waals surface area contributed by atoms with E-state index in [4.69, 9.17) is 0 Å². The third kappa shape index (κ3) is 13.2. The number of hydrogen-bond acceptors (Lipinski definition) is 7. The number of benzene rings is 3. The van der Waals surface area contributed by atoms with Gasteiger partial charge in [-0.3, -0.25) is 23.5 Å². The summed E-state index contributed by atoms with van der Waals surface area (Å²) in [6, 6.07) is 15.8. The lowest BCUT2D eigenvalue weighted by molar-refractivity contribution is -0.137. The number of sulfonamides is 1. The Bertz CT molecular complexity index is 1870. The normalized spacial score (nSPS) is 13.4. The largest absolute Gasteiger partial charge is 0.416 e. The molecule has 0 radical (unpaired) electrons. The minimum absolute atomic E-state index is 0.0306. The summed E-state index contributed by atoms with van der Waals surface area (Å²) in [6.45, 7) is 7.56. The molecule has 0 unspecified atom stereocenters. The molecule has 54 heavy (non-hydrogen) atoms. The van der Waals surface area contributed by atoms with E-state index < -0.39 is 57.6 Å². The second kappa shape index (κ2) is 19.4. The van der Waals surface area contributed by atoms with Crippen LogP contribution in [0.3, 0.4) is 0 Å². The molecule has 0 fully saturated rings. The quantitative estimate of drug-likeness (QED) is 0.132. The Morgan fingerprint density at radius 3 is 2.02 bits per heavy atom. The molecule has 0 aliphatic carbocycles. The number of carbonyl (C=O) groups is 4. The van der Waals surface area contributed by atoms with Crippen LogP contribution in [0, 0.1) is 5.92 Å². The summed E-state index contributed by atoms with van der Waals surface area (Å²) in [4.78, 5) is 52.8. The van der Waals surface area contributed by atoms with Crippen LogP contribution in [0.2, 0.25) is 0 Å². The highest BCUT2D eigenvalue weighted by atomic mass is 32.2. The van der Waals surface area contributed by atoms with Crippen LogP contribution in [0.15, 0.2) is 72.8 Å². The van der Waals surface area contributed by atoms with Crippen LogP contribution in [0.5, 0.6) is 0 Å². The van der Waals surface area contributed by atoms with Gasteiger partial charge >= 0.3 is 6.18 Å². The lowest BCUT2D eigenvalue weighted by Crippen LogP contribution is -2.55. The van der Waals surface area contributed by atoms with Gasteiger partial charge in [0.25, 0.3) is 11.8 Å². The standard InChI is InChI=1S/C38H49F3N6O6S/c1-7-42-37(51)33(24(2)3)46-34(48)25(4)44-23-31(19-26-12-9-8-10-13-26)45-36(50)29-20-28(21-32(22-29)47(5)54(6,52)53)35(49)43-17-16-27-14-11-15-30(18-27)38(39,40)41/h8-15,18,20-22,24-25,31,33,44H,7,16-17,19,23H2,1-6H3,(H,42,51)(H,43,49)(H,45,50)(H,46,48)/t25-,31-,33-/m0/s1. The van der Waals surface area contributed by atoms with Gasteiger partial charge in [-0.15, -0.1) is 0 Å². The van der Waals surface area contributed by atoms with E-state index in [1.165, 1.54) is 37.4 Å². The Morgan fingerprint density at radius 2 is 1.43 bits per heavy atom. The number of rotatable bonds is 18. The summed E-state index contributed by atoms with van der Waals surface area (Å²) in [7, 11) is -2.55. The molecule has 0 aliphatic heterocycles. The Balaban J connectivity index is 1.83. The molecule has 294 valence electrons. The topological polar surface area (TPSA) is 166 Å². The van der Waals surface area contributed by atoms with Crippen LogP contribution >= 0.6 is 0 Å². The zero-order valence-corrected chi connectivity index (χ0v) is 32.0. The molecule has 0 spiro atoms. The molecular formula is C38H49F3N6O6S. The van der Waals surface area contributed by atoms with Crippen molar-refractivity contribution in [3.63, 3.8) is 0 Å². The van der Waals surface area contributed by atoms with Crippen LogP contribution < -0.4 is 30.9 Å². The Morgan fingerprint density at radius 1 is 0.796 bits per heavy atom. The highest BCUT2D eigenvalue weighted by Crippen LogP contribution is 2.29. The molecule has 3 aromatic rings. The van der Waals surface area contributed by atoms with E-state index in [9.17, 15) is 40.8 Å². The lowest BCUT2D eigenvalue weighted by atomic mass is 10.0. The molecule has 0 saturated carbocycles.